The number of likely N-dealkylation sites (tertiary alicyclic amines) is 1. The molecule has 1 unspecified atom stereocenters. The van der Waals surface area contributed by atoms with Crippen molar-refractivity contribution in [1.82, 2.24) is 9.21 Å². The van der Waals surface area contributed by atoms with E-state index in [0.717, 1.165) is 24.9 Å². The molecule has 126 valence electrons. The lowest BCUT2D eigenvalue weighted by Gasteiger charge is -2.29. The summed E-state index contributed by atoms with van der Waals surface area (Å²) in [5, 5.41) is -0.350. The molecule has 1 aromatic rings. The topological polar surface area (TPSA) is 57.7 Å². The molecule has 0 saturated carbocycles. The Morgan fingerprint density at radius 3 is 2.65 bits per heavy atom. The molecule has 1 atom stereocenters. The number of fused-ring (bicyclic) bond motifs is 1. The Bertz CT molecular complexity index is 687. The molecule has 0 aromatic heterocycles. The first-order valence-corrected chi connectivity index (χ1v) is 9.78. The van der Waals surface area contributed by atoms with Gasteiger partial charge in [0.25, 0.3) is 0 Å². The summed E-state index contributed by atoms with van der Waals surface area (Å²) in [7, 11) is -1.68. The average molecular weight is 336 g/mol. The maximum Gasteiger partial charge on any atom is 0.222 e. The zero-order valence-corrected chi connectivity index (χ0v) is 14.4. The zero-order chi connectivity index (χ0) is 16.4. The lowest BCUT2D eigenvalue weighted by atomic mass is 9.92. The number of carbonyl (C=O) groups is 1. The molecule has 1 heterocycles. The summed E-state index contributed by atoms with van der Waals surface area (Å²) in [5.74, 6) is 0.141. The Balaban J connectivity index is 1.63. The predicted octanol–water partition coefficient (Wildman–Crippen LogP) is 1.43. The van der Waals surface area contributed by atoms with E-state index in [2.05, 4.69) is 6.07 Å². The number of benzene rings is 1. The Kier molecular flexibility index (Phi) is 4.73. The van der Waals surface area contributed by atoms with Gasteiger partial charge >= 0.3 is 0 Å². The fourth-order valence-corrected chi connectivity index (χ4v) is 5.15. The number of hydrogen-bond acceptors (Lipinski definition) is 3. The molecule has 1 fully saturated rings. The maximum absolute atomic E-state index is 12.8. The normalized spacial score (nSPS) is 21.7. The van der Waals surface area contributed by atoms with E-state index in [4.69, 9.17) is 0 Å². The fourth-order valence-electron chi connectivity index (χ4n) is 3.50. The second kappa shape index (κ2) is 6.61. The lowest BCUT2D eigenvalue weighted by Crippen LogP contribution is -2.42. The molecule has 3 rings (SSSR count). The number of rotatable bonds is 5. The minimum absolute atomic E-state index is 0.141. The number of amides is 1. The molecule has 5 nitrogen and oxygen atoms in total. The van der Waals surface area contributed by atoms with Crippen molar-refractivity contribution in [2.45, 2.75) is 37.4 Å². The molecule has 1 amide bonds. The second-order valence-corrected chi connectivity index (χ2v) is 8.80. The summed E-state index contributed by atoms with van der Waals surface area (Å²) in [5.41, 5.74) is 2.42. The molecule has 1 aromatic carbocycles. The van der Waals surface area contributed by atoms with Gasteiger partial charge in [0.1, 0.15) is 0 Å². The molecule has 1 saturated heterocycles. The van der Waals surface area contributed by atoms with Gasteiger partial charge in [0.2, 0.25) is 15.9 Å². The van der Waals surface area contributed by atoms with Crippen LogP contribution in [0.5, 0.6) is 0 Å². The highest BCUT2D eigenvalue weighted by Gasteiger charge is 2.33. The standard InChI is InChI=1S/C17H24N2O3S/c1-18(11-12-19-10-4-7-17(19)20)23(21,22)16-9-8-14-5-2-3-6-15(14)13-16/h2-3,5-6,16H,4,7-13H2,1H3. The monoisotopic (exact) mass is 336 g/mol. The average Bonchev–Trinajstić information content (AvgIpc) is 2.97. The van der Waals surface area contributed by atoms with Crippen LogP contribution in [0.1, 0.15) is 30.4 Å². The van der Waals surface area contributed by atoms with Crippen molar-refractivity contribution >= 4 is 15.9 Å². The van der Waals surface area contributed by atoms with Crippen LogP contribution in [0.15, 0.2) is 24.3 Å². The largest absolute Gasteiger partial charge is 0.341 e. The van der Waals surface area contributed by atoms with Crippen LogP contribution in [0.4, 0.5) is 0 Å². The molecule has 0 radical (unpaired) electrons. The van der Waals surface area contributed by atoms with Gasteiger partial charge in [0.15, 0.2) is 0 Å². The second-order valence-electron chi connectivity index (χ2n) is 6.48. The quantitative estimate of drug-likeness (QED) is 0.817. The van der Waals surface area contributed by atoms with E-state index >= 15 is 0 Å². The van der Waals surface area contributed by atoms with Crippen molar-refractivity contribution < 1.29 is 13.2 Å². The molecule has 2 aliphatic rings. The van der Waals surface area contributed by atoms with E-state index in [9.17, 15) is 13.2 Å². The Hall–Kier alpha value is -1.40. The zero-order valence-electron chi connectivity index (χ0n) is 13.6. The van der Waals surface area contributed by atoms with Crippen LogP contribution in [0.3, 0.4) is 0 Å². The molecular weight excluding hydrogens is 312 g/mol. The van der Waals surface area contributed by atoms with Gasteiger partial charge in [-0.15, -0.1) is 0 Å². The minimum atomic E-state index is -3.32. The van der Waals surface area contributed by atoms with Gasteiger partial charge in [0, 0.05) is 33.1 Å². The maximum atomic E-state index is 12.8. The van der Waals surface area contributed by atoms with E-state index in [-0.39, 0.29) is 11.2 Å². The molecule has 23 heavy (non-hydrogen) atoms. The van der Waals surface area contributed by atoms with Crippen LogP contribution in [0.2, 0.25) is 0 Å². The van der Waals surface area contributed by atoms with Crippen LogP contribution in [-0.2, 0) is 27.7 Å². The van der Waals surface area contributed by atoms with Crippen molar-refractivity contribution in [3.63, 3.8) is 0 Å². The van der Waals surface area contributed by atoms with E-state index in [1.54, 1.807) is 11.9 Å². The number of hydrogen-bond donors (Lipinski definition) is 0. The third-order valence-corrected chi connectivity index (χ3v) is 7.31. The molecule has 0 spiro atoms. The van der Waals surface area contributed by atoms with E-state index < -0.39 is 10.0 Å². The number of aryl methyl sites for hydroxylation is 1. The van der Waals surface area contributed by atoms with Crippen molar-refractivity contribution in [3.8, 4) is 0 Å². The van der Waals surface area contributed by atoms with Gasteiger partial charge in [-0.25, -0.2) is 12.7 Å². The Morgan fingerprint density at radius 1 is 1.22 bits per heavy atom. The van der Waals surface area contributed by atoms with Crippen LogP contribution in [-0.4, -0.2) is 55.5 Å². The first kappa shape index (κ1) is 16.5. The van der Waals surface area contributed by atoms with Crippen LogP contribution in [0.25, 0.3) is 0 Å². The predicted molar refractivity (Wildman–Crippen MR) is 89.6 cm³/mol. The highest BCUT2D eigenvalue weighted by atomic mass is 32.2. The third kappa shape index (κ3) is 3.43. The molecular formula is C17H24N2O3S. The van der Waals surface area contributed by atoms with Gasteiger partial charge in [0.05, 0.1) is 5.25 Å². The van der Waals surface area contributed by atoms with Crippen molar-refractivity contribution in [1.29, 1.82) is 0 Å². The van der Waals surface area contributed by atoms with E-state index in [1.807, 2.05) is 18.2 Å². The third-order valence-electron chi connectivity index (χ3n) is 5.01. The summed E-state index contributed by atoms with van der Waals surface area (Å²) >= 11 is 0. The molecule has 6 heteroatoms. The summed E-state index contributed by atoms with van der Waals surface area (Å²) in [6, 6.07) is 8.09. The van der Waals surface area contributed by atoms with Gasteiger partial charge in [-0.1, -0.05) is 24.3 Å². The van der Waals surface area contributed by atoms with Crippen LogP contribution >= 0.6 is 0 Å². The summed E-state index contributed by atoms with van der Waals surface area (Å²) in [6.45, 7) is 1.63. The minimum Gasteiger partial charge on any atom is -0.341 e. The summed E-state index contributed by atoms with van der Waals surface area (Å²) in [4.78, 5) is 13.4. The molecule has 0 bridgehead atoms. The van der Waals surface area contributed by atoms with Crippen molar-refractivity contribution in [2.75, 3.05) is 26.7 Å². The number of sulfonamides is 1. The number of likely N-dealkylation sites (N-methyl/N-ethyl adjacent to an activating group) is 1. The van der Waals surface area contributed by atoms with Crippen LogP contribution < -0.4 is 0 Å². The first-order chi connectivity index (χ1) is 11.0. The van der Waals surface area contributed by atoms with E-state index in [0.29, 0.717) is 32.4 Å². The molecule has 1 aliphatic carbocycles. The van der Waals surface area contributed by atoms with Crippen molar-refractivity contribution in [3.05, 3.63) is 35.4 Å². The number of nitrogens with zero attached hydrogens (tertiary/aromatic N) is 2. The highest BCUT2D eigenvalue weighted by Crippen LogP contribution is 2.26. The first-order valence-electron chi connectivity index (χ1n) is 8.28. The van der Waals surface area contributed by atoms with Crippen molar-refractivity contribution in [2.24, 2.45) is 0 Å². The van der Waals surface area contributed by atoms with Gasteiger partial charge in [-0.2, -0.15) is 0 Å². The SMILES string of the molecule is CN(CCN1CCCC1=O)S(=O)(=O)C1CCc2ccccc2C1. The summed E-state index contributed by atoms with van der Waals surface area (Å²) < 4.78 is 27.1. The Labute approximate surface area is 138 Å². The van der Waals surface area contributed by atoms with Gasteiger partial charge < -0.3 is 4.90 Å². The highest BCUT2D eigenvalue weighted by molar-refractivity contribution is 7.89. The van der Waals surface area contributed by atoms with Crippen LogP contribution in [0, 0.1) is 0 Å². The molecule has 1 aliphatic heterocycles. The number of carbonyl (C=O) groups excluding carboxylic acids is 1. The molecule has 0 N–H and O–H groups in total. The lowest BCUT2D eigenvalue weighted by molar-refractivity contribution is -0.127. The van der Waals surface area contributed by atoms with E-state index in [1.165, 1.54) is 9.87 Å². The Morgan fingerprint density at radius 2 is 1.96 bits per heavy atom. The fraction of sp³-hybridized carbons (Fsp3) is 0.588. The smallest absolute Gasteiger partial charge is 0.222 e. The van der Waals surface area contributed by atoms with Gasteiger partial charge in [-0.3, -0.25) is 4.79 Å². The van der Waals surface area contributed by atoms with Gasteiger partial charge in [-0.05, 0) is 36.8 Å². The summed E-state index contributed by atoms with van der Waals surface area (Å²) in [6.07, 6.45) is 3.56.